The molecule has 2 amide bonds. The number of ether oxygens (including phenoxy) is 1. The highest BCUT2D eigenvalue weighted by Crippen LogP contribution is 2.29. The summed E-state index contributed by atoms with van der Waals surface area (Å²) >= 11 is 1.25. The first-order chi connectivity index (χ1) is 19.2. The molecule has 0 N–H and O–H groups in total. The number of hydrogen-bond donors (Lipinski definition) is 0. The topological polar surface area (TPSA) is 89.7 Å². The predicted molar refractivity (Wildman–Crippen MR) is 145 cm³/mol. The molecule has 4 aromatic rings. The van der Waals surface area contributed by atoms with E-state index < -0.39 is 6.36 Å². The Kier molecular flexibility index (Phi) is 7.69. The second-order valence-electron chi connectivity index (χ2n) is 8.84. The summed E-state index contributed by atoms with van der Waals surface area (Å²) in [5.41, 5.74) is 3.83. The van der Waals surface area contributed by atoms with E-state index in [4.69, 9.17) is 0 Å². The van der Waals surface area contributed by atoms with Crippen LogP contribution in [-0.4, -0.2) is 43.9 Å². The van der Waals surface area contributed by atoms with Gasteiger partial charge in [-0.25, -0.2) is 9.67 Å². The van der Waals surface area contributed by atoms with Crippen LogP contribution in [0.3, 0.4) is 0 Å². The number of hydrogen-bond acceptors (Lipinski definition) is 6. The van der Waals surface area contributed by atoms with Crippen molar-refractivity contribution in [2.75, 3.05) is 10.7 Å². The Labute approximate surface area is 231 Å². The average molecular weight is 566 g/mol. The molecule has 0 saturated carbocycles. The van der Waals surface area contributed by atoms with Crippen molar-refractivity contribution in [3.63, 3.8) is 0 Å². The molecule has 1 fully saturated rings. The van der Waals surface area contributed by atoms with Crippen LogP contribution in [0.4, 0.5) is 18.9 Å². The molecular weight excluding hydrogens is 543 g/mol. The van der Waals surface area contributed by atoms with Crippen LogP contribution >= 0.6 is 11.8 Å². The zero-order valence-electron chi connectivity index (χ0n) is 21.1. The number of anilines is 1. The molecule has 0 unspecified atom stereocenters. The van der Waals surface area contributed by atoms with Crippen LogP contribution in [0.1, 0.15) is 17.5 Å². The number of aromatic nitrogens is 3. The maximum absolute atomic E-state index is 12.6. The monoisotopic (exact) mass is 565 g/mol. The van der Waals surface area contributed by atoms with Crippen molar-refractivity contribution >= 4 is 34.4 Å². The van der Waals surface area contributed by atoms with Gasteiger partial charge in [0.25, 0.3) is 0 Å². The number of nitrogens with zero attached hydrogens (tertiary/aromatic N) is 5. The highest BCUT2D eigenvalue weighted by atomic mass is 32.2. The van der Waals surface area contributed by atoms with Crippen molar-refractivity contribution in [2.45, 2.75) is 26.1 Å². The molecule has 1 aliphatic heterocycles. The molecule has 5 rings (SSSR count). The third-order valence-corrected chi connectivity index (χ3v) is 6.93. The molecule has 1 saturated heterocycles. The first-order valence-corrected chi connectivity index (χ1v) is 13.1. The highest BCUT2D eigenvalue weighted by molar-refractivity contribution is 8.15. The number of para-hydroxylation sites is 1. The van der Waals surface area contributed by atoms with Crippen molar-refractivity contribution in [1.29, 1.82) is 0 Å². The van der Waals surface area contributed by atoms with Crippen LogP contribution in [0.5, 0.6) is 5.75 Å². The van der Waals surface area contributed by atoms with Crippen LogP contribution in [0.25, 0.3) is 17.1 Å². The molecular formula is C28H22F3N5O3S. The lowest BCUT2D eigenvalue weighted by Gasteiger charge is -2.18. The van der Waals surface area contributed by atoms with Gasteiger partial charge < -0.3 is 4.74 Å². The Morgan fingerprint density at radius 1 is 1.05 bits per heavy atom. The summed E-state index contributed by atoms with van der Waals surface area (Å²) in [6.45, 7) is 1.91. The molecule has 0 aliphatic carbocycles. The van der Waals surface area contributed by atoms with E-state index in [2.05, 4.69) is 19.8 Å². The maximum atomic E-state index is 12.6. The summed E-state index contributed by atoms with van der Waals surface area (Å²) in [5.74, 6) is -0.0688. The summed E-state index contributed by atoms with van der Waals surface area (Å²) in [6.07, 6.45) is -2.65. The minimum absolute atomic E-state index is 0.107. The van der Waals surface area contributed by atoms with E-state index in [1.807, 2.05) is 55.5 Å². The minimum Gasteiger partial charge on any atom is -0.406 e. The first kappa shape index (κ1) is 27.1. The predicted octanol–water partition coefficient (Wildman–Crippen LogP) is 5.74. The number of aryl methyl sites for hydroxylation is 2. The average Bonchev–Trinajstić information content (AvgIpc) is 3.55. The van der Waals surface area contributed by atoms with Gasteiger partial charge in [0.1, 0.15) is 12.1 Å². The highest BCUT2D eigenvalue weighted by Gasteiger charge is 2.32. The van der Waals surface area contributed by atoms with Gasteiger partial charge in [-0.1, -0.05) is 54.2 Å². The van der Waals surface area contributed by atoms with E-state index in [1.54, 1.807) is 0 Å². The number of halogens is 3. The van der Waals surface area contributed by atoms with E-state index in [0.717, 1.165) is 22.4 Å². The smallest absolute Gasteiger partial charge is 0.406 e. The summed E-state index contributed by atoms with van der Waals surface area (Å²) in [4.78, 5) is 35.1. The fraction of sp³-hybridized carbons (Fsp3) is 0.179. The number of amidine groups is 1. The molecule has 0 radical (unpaired) electrons. The van der Waals surface area contributed by atoms with Gasteiger partial charge in [0.05, 0.1) is 17.1 Å². The second kappa shape index (κ2) is 11.3. The van der Waals surface area contributed by atoms with Gasteiger partial charge in [0.15, 0.2) is 11.0 Å². The molecule has 0 atom stereocenters. The second-order valence-corrected chi connectivity index (χ2v) is 9.79. The van der Waals surface area contributed by atoms with Crippen molar-refractivity contribution in [1.82, 2.24) is 14.8 Å². The SMILES string of the molecule is Cc1ccccc1N1C(=O)CSC1=NC(=O)CCc1ccc(-c2ncn(-c3ccc(OC(F)(F)F)cc3)n2)cc1. The fourth-order valence-corrected chi connectivity index (χ4v) is 4.93. The molecule has 12 heteroatoms. The molecule has 1 aromatic heterocycles. The lowest BCUT2D eigenvalue weighted by Crippen LogP contribution is -2.30. The van der Waals surface area contributed by atoms with Crippen LogP contribution in [0.15, 0.2) is 84.1 Å². The van der Waals surface area contributed by atoms with Crippen molar-refractivity contribution in [3.05, 3.63) is 90.3 Å². The van der Waals surface area contributed by atoms with E-state index in [9.17, 15) is 22.8 Å². The number of rotatable bonds is 7. The normalized spacial score (nSPS) is 14.7. The Balaban J connectivity index is 1.20. The zero-order valence-corrected chi connectivity index (χ0v) is 21.9. The lowest BCUT2D eigenvalue weighted by atomic mass is 10.1. The van der Waals surface area contributed by atoms with E-state index >= 15 is 0 Å². The molecule has 204 valence electrons. The molecule has 0 bridgehead atoms. The number of benzene rings is 3. The van der Waals surface area contributed by atoms with Gasteiger partial charge in [-0.3, -0.25) is 14.5 Å². The minimum atomic E-state index is -4.76. The van der Waals surface area contributed by atoms with Gasteiger partial charge >= 0.3 is 6.36 Å². The van der Waals surface area contributed by atoms with Crippen LogP contribution in [0.2, 0.25) is 0 Å². The standard InChI is InChI=1S/C28H22F3N5O3S/c1-18-4-2-3-5-23(18)36-25(38)16-40-27(36)33-24(37)15-8-19-6-9-20(10-7-19)26-32-17-35(34-26)21-11-13-22(14-12-21)39-28(29,30)31/h2-7,9-14,17H,8,15-16H2,1H3. The van der Waals surface area contributed by atoms with E-state index in [1.165, 1.54) is 51.9 Å². The van der Waals surface area contributed by atoms with Crippen LogP contribution in [-0.2, 0) is 16.0 Å². The third-order valence-electron chi connectivity index (χ3n) is 6.01. The molecule has 0 spiro atoms. The number of carbonyl (C=O) groups is 2. The Bertz CT molecular complexity index is 1570. The summed E-state index contributed by atoms with van der Waals surface area (Å²) < 4.78 is 42.4. The number of thioether (sulfide) groups is 1. The lowest BCUT2D eigenvalue weighted by molar-refractivity contribution is -0.274. The van der Waals surface area contributed by atoms with Gasteiger partial charge in [-0.05, 0) is 54.8 Å². The molecule has 40 heavy (non-hydrogen) atoms. The zero-order chi connectivity index (χ0) is 28.3. The molecule has 8 nitrogen and oxygen atoms in total. The van der Waals surface area contributed by atoms with Gasteiger partial charge in [-0.15, -0.1) is 18.3 Å². The van der Waals surface area contributed by atoms with Crippen LogP contribution in [0, 0.1) is 6.92 Å². The number of alkyl halides is 3. The molecule has 2 heterocycles. The van der Waals surface area contributed by atoms with Crippen molar-refractivity contribution < 1.29 is 27.5 Å². The van der Waals surface area contributed by atoms with Gasteiger partial charge in [0.2, 0.25) is 11.8 Å². The number of aliphatic imine (C=N–C) groups is 1. The molecule has 3 aromatic carbocycles. The Morgan fingerprint density at radius 2 is 1.77 bits per heavy atom. The third kappa shape index (κ3) is 6.40. The van der Waals surface area contributed by atoms with Gasteiger partial charge in [0, 0.05) is 12.0 Å². The first-order valence-electron chi connectivity index (χ1n) is 12.2. The largest absolute Gasteiger partial charge is 0.573 e. The van der Waals surface area contributed by atoms with Gasteiger partial charge in [-0.2, -0.15) is 4.99 Å². The quantitative estimate of drug-likeness (QED) is 0.284. The Morgan fingerprint density at radius 3 is 2.48 bits per heavy atom. The summed E-state index contributed by atoms with van der Waals surface area (Å²) in [7, 11) is 0. The Hall–Kier alpha value is -4.45. The fourth-order valence-electron chi connectivity index (χ4n) is 4.05. The van der Waals surface area contributed by atoms with E-state index in [-0.39, 0.29) is 29.7 Å². The van der Waals surface area contributed by atoms with Crippen molar-refractivity contribution in [2.24, 2.45) is 4.99 Å². The number of amides is 2. The van der Waals surface area contributed by atoms with Crippen molar-refractivity contribution in [3.8, 4) is 22.8 Å². The molecule has 1 aliphatic rings. The summed E-state index contributed by atoms with van der Waals surface area (Å²) in [6, 6.07) is 20.2. The number of carbonyl (C=O) groups excluding carboxylic acids is 2. The summed E-state index contributed by atoms with van der Waals surface area (Å²) in [5, 5.41) is 4.79. The van der Waals surface area contributed by atoms with E-state index in [0.29, 0.717) is 23.1 Å². The van der Waals surface area contributed by atoms with Crippen LogP contribution < -0.4 is 9.64 Å². The maximum Gasteiger partial charge on any atom is 0.573 e.